The maximum atomic E-state index is 12.7. The lowest BCUT2D eigenvalue weighted by Gasteiger charge is -2.15. The van der Waals surface area contributed by atoms with Crippen LogP contribution in [0, 0.1) is 13.8 Å². The Bertz CT molecular complexity index is 1110. The highest BCUT2D eigenvalue weighted by Crippen LogP contribution is 2.31. The van der Waals surface area contributed by atoms with E-state index in [2.05, 4.69) is 4.98 Å². The third-order valence-corrected chi connectivity index (χ3v) is 5.09. The number of benzene rings is 2. The van der Waals surface area contributed by atoms with E-state index in [1.807, 2.05) is 6.92 Å². The molecule has 1 atom stereocenters. The van der Waals surface area contributed by atoms with Crippen LogP contribution in [0.15, 0.2) is 46.9 Å². The highest BCUT2D eigenvalue weighted by Gasteiger charge is 2.30. The summed E-state index contributed by atoms with van der Waals surface area (Å²) < 4.78 is 54.9. The van der Waals surface area contributed by atoms with Gasteiger partial charge in [0.05, 0.1) is 5.56 Å². The Morgan fingerprint density at radius 1 is 1.15 bits per heavy atom. The van der Waals surface area contributed by atoms with Gasteiger partial charge in [0.2, 0.25) is 5.89 Å². The van der Waals surface area contributed by atoms with Crippen LogP contribution in [-0.4, -0.2) is 28.8 Å². The number of alkyl halides is 3. The number of aryl methyl sites for hydroxylation is 2. The van der Waals surface area contributed by atoms with Gasteiger partial charge in [-0.15, -0.1) is 0 Å². The normalized spacial score (nSPS) is 12.5. The fraction of sp³-hybridized carbons (Fsp3) is 0.333. The molecule has 0 spiro atoms. The fourth-order valence-corrected chi connectivity index (χ4v) is 3.24. The standard InChI is InChI=1S/C24H24F3NO5/c1-4-31-21(23(29)30)12-17-7-10-19(11-14(17)2)32-13-20-15(3)33-22(28-20)16-5-8-18(9-6-16)24(25,26)27/h5-11,21H,4,12-13H2,1-3H3,(H,29,30). The van der Waals surface area contributed by atoms with Crippen LogP contribution in [0.4, 0.5) is 13.2 Å². The van der Waals surface area contributed by atoms with Gasteiger partial charge in [0, 0.05) is 18.6 Å². The lowest BCUT2D eigenvalue weighted by atomic mass is 10.0. The van der Waals surface area contributed by atoms with Crippen molar-refractivity contribution >= 4 is 5.97 Å². The van der Waals surface area contributed by atoms with E-state index in [-0.39, 0.29) is 18.9 Å². The summed E-state index contributed by atoms with van der Waals surface area (Å²) in [6.07, 6.45) is -5.08. The van der Waals surface area contributed by atoms with E-state index in [4.69, 9.17) is 13.9 Å². The monoisotopic (exact) mass is 463 g/mol. The minimum Gasteiger partial charge on any atom is -0.487 e. The molecule has 1 aromatic heterocycles. The minimum atomic E-state index is -4.41. The molecule has 176 valence electrons. The van der Waals surface area contributed by atoms with Crippen LogP contribution in [0.5, 0.6) is 5.75 Å². The Labute approximate surface area is 189 Å². The number of hydrogen-bond donors (Lipinski definition) is 1. The van der Waals surface area contributed by atoms with Crippen molar-refractivity contribution in [3.05, 3.63) is 70.6 Å². The average Bonchev–Trinajstić information content (AvgIpc) is 3.13. The molecule has 9 heteroatoms. The number of hydrogen-bond acceptors (Lipinski definition) is 5. The van der Waals surface area contributed by atoms with E-state index in [1.165, 1.54) is 12.1 Å². The van der Waals surface area contributed by atoms with Crippen molar-refractivity contribution in [2.45, 2.75) is 46.1 Å². The van der Waals surface area contributed by atoms with Crippen LogP contribution >= 0.6 is 0 Å². The van der Waals surface area contributed by atoms with Gasteiger partial charge in [0.15, 0.2) is 6.10 Å². The second-order valence-electron chi connectivity index (χ2n) is 7.46. The van der Waals surface area contributed by atoms with Gasteiger partial charge in [-0.2, -0.15) is 13.2 Å². The van der Waals surface area contributed by atoms with Gasteiger partial charge in [-0.1, -0.05) is 6.07 Å². The van der Waals surface area contributed by atoms with Crippen molar-refractivity contribution < 1.29 is 37.0 Å². The van der Waals surface area contributed by atoms with E-state index in [0.717, 1.165) is 23.3 Å². The number of ether oxygens (including phenoxy) is 2. The zero-order valence-corrected chi connectivity index (χ0v) is 18.4. The zero-order valence-electron chi connectivity index (χ0n) is 18.4. The zero-order chi connectivity index (χ0) is 24.2. The van der Waals surface area contributed by atoms with Crippen molar-refractivity contribution in [1.29, 1.82) is 0 Å². The maximum absolute atomic E-state index is 12.7. The Kier molecular flexibility index (Phi) is 7.43. The largest absolute Gasteiger partial charge is 0.487 e. The molecule has 0 bridgehead atoms. The maximum Gasteiger partial charge on any atom is 0.416 e. The van der Waals surface area contributed by atoms with E-state index >= 15 is 0 Å². The molecule has 0 amide bonds. The van der Waals surface area contributed by atoms with Crippen LogP contribution in [0.2, 0.25) is 0 Å². The van der Waals surface area contributed by atoms with E-state index in [1.54, 1.807) is 32.0 Å². The molecule has 6 nitrogen and oxygen atoms in total. The van der Waals surface area contributed by atoms with Gasteiger partial charge in [-0.05, 0) is 68.3 Å². The number of carboxylic acids is 1. The topological polar surface area (TPSA) is 81.8 Å². The number of aliphatic carboxylic acids is 1. The number of nitrogens with zero attached hydrogens (tertiary/aromatic N) is 1. The summed E-state index contributed by atoms with van der Waals surface area (Å²) in [4.78, 5) is 15.7. The van der Waals surface area contributed by atoms with E-state index < -0.39 is 23.8 Å². The quantitative estimate of drug-likeness (QED) is 0.446. The molecule has 2 aromatic carbocycles. The summed E-state index contributed by atoms with van der Waals surface area (Å²) in [7, 11) is 0. The molecule has 0 aliphatic rings. The second-order valence-corrected chi connectivity index (χ2v) is 7.46. The number of carboxylic acid groups (broad SMARTS) is 1. The summed E-state index contributed by atoms with van der Waals surface area (Å²) in [6.45, 7) is 5.72. The number of halogens is 3. The van der Waals surface area contributed by atoms with Crippen LogP contribution in [0.1, 0.15) is 35.1 Å². The second kappa shape index (κ2) is 10.1. The predicted molar refractivity (Wildman–Crippen MR) is 114 cm³/mol. The molecule has 3 rings (SSSR count). The molecular formula is C24H24F3NO5. The lowest BCUT2D eigenvalue weighted by molar-refractivity contribution is -0.150. The average molecular weight is 463 g/mol. The van der Waals surface area contributed by atoms with Crippen molar-refractivity contribution in [1.82, 2.24) is 4.98 Å². The molecular weight excluding hydrogens is 439 g/mol. The lowest BCUT2D eigenvalue weighted by Crippen LogP contribution is -2.26. The first kappa shape index (κ1) is 24.3. The number of aromatic nitrogens is 1. The molecule has 33 heavy (non-hydrogen) atoms. The van der Waals surface area contributed by atoms with Gasteiger partial charge in [-0.3, -0.25) is 0 Å². The van der Waals surface area contributed by atoms with Crippen LogP contribution in [0.25, 0.3) is 11.5 Å². The van der Waals surface area contributed by atoms with E-state index in [9.17, 15) is 23.1 Å². The predicted octanol–water partition coefficient (Wildman–Crippen LogP) is 5.59. The molecule has 0 aliphatic heterocycles. The Morgan fingerprint density at radius 2 is 1.85 bits per heavy atom. The summed E-state index contributed by atoms with van der Waals surface area (Å²) in [5, 5.41) is 9.27. The van der Waals surface area contributed by atoms with Crippen molar-refractivity contribution in [2.75, 3.05) is 6.61 Å². The Balaban J connectivity index is 1.67. The highest BCUT2D eigenvalue weighted by molar-refractivity contribution is 5.72. The fourth-order valence-electron chi connectivity index (χ4n) is 3.24. The number of oxazole rings is 1. The van der Waals surface area contributed by atoms with Crippen molar-refractivity contribution in [3.8, 4) is 17.2 Å². The molecule has 0 fully saturated rings. The Morgan fingerprint density at radius 3 is 2.42 bits per heavy atom. The minimum absolute atomic E-state index is 0.103. The molecule has 0 radical (unpaired) electrons. The summed E-state index contributed by atoms with van der Waals surface area (Å²) >= 11 is 0. The van der Waals surface area contributed by atoms with Gasteiger partial charge in [-0.25, -0.2) is 9.78 Å². The van der Waals surface area contributed by atoms with Crippen molar-refractivity contribution in [2.24, 2.45) is 0 Å². The van der Waals surface area contributed by atoms with Crippen LogP contribution in [-0.2, 0) is 28.7 Å². The molecule has 1 unspecified atom stereocenters. The van der Waals surface area contributed by atoms with Crippen LogP contribution in [0.3, 0.4) is 0 Å². The SMILES string of the molecule is CCOC(Cc1ccc(OCc2nc(-c3ccc(C(F)(F)F)cc3)oc2C)cc1C)C(=O)O. The first-order chi connectivity index (χ1) is 15.6. The summed E-state index contributed by atoms with van der Waals surface area (Å²) in [5.41, 5.74) is 1.91. The molecule has 3 aromatic rings. The molecule has 0 saturated heterocycles. The Hall–Kier alpha value is -3.33. The highest BCUT2D eigenvalue weighted by atomic mass is 19.4. The molecule has 0 saturated carbocycles. The summed E-state index contributed by atoms with van der Waals surface area (Å²) in [6, 6.07) is 9.92. The van der Waals surface area contributed by atoms with Gasteiger partial charge in [0.25, 0.3) is 0 Å². The van der Waals surface area contributed by atoms with Crippen LogP contribution < -0.4 is 4.74 Å². The van der Waals surface area contributed by atoms with Gasteiger partial charge < -0.3 is 19.0 Å². The summed E-state index contributed by atoms with van der Waals surface area (Å²) in [5.74, 6) is 0.265. The van der Waals surface area contributed by atoms with Gasteiger partial charge >= 0.3 is 12.1 Å². The molecule has 1 heterocycles. The number of carbonyl (C=O) groups is 1. The first-order valence-corrected chi connectivity index (χ1v) is 10.3. The van der Waals surface area contributed by atoms with Gasteiger partial charge in [0.1, 0.15) is 23.8 Å². The molecule has 0 aliphatic carbocycles. The third-order valence-electron chi connectivity index (χ3n) is 5.09. The molecule has 1 N–H and O–H groups in total. The van der Waals surface area contributed by atoms with E-state index in [0.29, 0.717) is 29.4 Å². The number of rotatable bonds is 9. The smallest absolute Gasteiger partial charge is 0.416 e. The van der Waals surface area contributed by atoms with Crippen molar-refractivity contribution in [3.63, 3.8) is 0 Å². The third kappa shape index (κ3) is 6.13. The first-order valence-electron chi connectivity index (χ1n) is 10.3.